The number of aromatic nitrogens is 4. The largest absolute Gasteiger partial charge is 0.337 e. The van der Waals surface area contributed by atoms with E-state index >= 15 is 0 Å². The van der Waals surface area contributed by atoms with Crippen molar-refractivity contribution in [2.75, 3.05) is 0 Å². The standard InChI is InChI=1S/C14H15N5O2/c1-14(2,15)13-17-11(21-18-13)7-19-8-16-10-6-4-3-5-9(10)12(19)20/h3-6,8H,7,15H2,1-2H3. The normalized spacial score (nSPS) is 12.0. The van der Waals surface area contributed by atoms with Crippen LogP contribution in [-0.2, 0) is 12.1 Å². The number of nitrogens with two attached hydrogens (primary N) is 1. The summed E-state index contributed by atoms with van der Waals surface area (Å²) in [5.41, 5.74) is 5.73. The van der Waals surface area contributed by atoms with Gasteiger partial charge >= 0.3 is 0 Å². The van der Waals surface area contributed by atoms with Crippen LogP contribution < -0.4 is 11.3 Å². The summed E-state index contributed by atoms with van der Waals surface area (Å²) in [6.45, 7) is 3.73. The van der Waals surface area contributed by atoms with Crippen LogP contribution in [0.4, 0.5) is 0 Å². The van der Waals surface area contributed by atoms with Gasteiger partial charge in [-0.1, -0.05) is 17.3 Å². The highest BCUT2D eigenvalue weighted by Gasteiger charge is 2.21. The van der Waals surface area contributed by atoms with Crippen LogP contribution in [-0.4, -0.2) is 19.7 Å². The Hall–Kier alpha value is -2.54. The van der Waals surface area contributed by atoms with Crippen molar-refractivity contribution < 1.29 is 4.52 Å². The Kier molecular flexibility index (Phi) is 3.06. The molecule has 0 aliphatic rings. The van der Waals surface area contributed by atoms with Crippen molar-refractivity contribution in [2.24, 2.45) is 5.73 Å². The van der Waals surface area contributed by atoms with Gasteiger partial charge < -0.3 is 10.3 Å². The van der Waals surface area contributed by atoms with E-state index in [-0.39, 0.29) is 12.1 Å². The fourth-order valence-corrected chi connectivity index (χ4v) is 1.95. The minimum Gasteiger partial charge on any atom is -0.337 e. The van der Waals surface area contributed by atoms with Gasteiger partial charge in [0, 0.05) is 0 Å². The maximum atomic E-state index is 12.3. The molecular formula is C14H15N5O2. The first kappa shape index (κ1) is 13.4. The zero-order valence-corrected chi connectivity index (χ0v) is 11.8. The lowest BCUT2D eigenvalue weighted by molar-refractivity contribution is 0.354. The van der Waals surface area contributed by atoms with E-state index in [1.54, 1.807) is 32.0 Å². The predicted octanol–water partition coefficient (Wildman–Crippen LogP) is 1.02. The molecule has 7 heteroatoms. The second-order valence-electron chi connectivity index (χ2n) is 5.43. The molecule has 2 aromatic heterocycles. The molecule has 3 rings (SSSR count). The Labute approximate surface area is 120 Å². The van der Waals surface area contributed by atoms with E-state index in [1.165, 1.54) is 10.9 Å². The molecule has 108 valence electrons. The third-order valence-electron chi connectivity index (χ3n) is 3.08. The van der Waals surface area contributed by atoms with Gasteiger partial charge in [-0.05, 0) is 26.0 Å². The summed E-state index contributed by atoms with van der Waals surface area (Å²) < 4.78 is 6.57. The van der Waals surface area contributed by atoms with Gasteiger partial charge in [0.2, 0.25) is 5.89 Å². The number of para-hydroxylation sites is 1. The third kappa shape index (κ3) is 2.55. The Morgan fingerprint density at radius 3 is 2.81 bits per heavy atom. The molecule has 2 N–H and O–H groups in total. The highest BCUT2D eigenvalue weighted by atomic mass is 16.5. The molecule has 0 aliphatic carbocycles. The second-order valence-corrected chi connectivity index (χ2v) is 5.43. The molecule has 0 bridgehead atoms. The van der Waals surface area contributed by atoms with Crippen molar-refractivity contribution in [2.45, 2.75) is 25.9 Å². The lowest BCUT2D eigenvalue weighted by atomic mass is 10.1. The molecule has 0 aliphatic heterocycles. The minimum absolute atomic E-state index is 0.146. The number of benzene rings is 1. The van der Waals surface area contributed by atoms with Crippen LogP contribution in [0.25, 0.3) is 10.9 Å². The summed E-state index contributed by atoms with van der Waals surface area (Å²) in [4.78, 5) is 20.8. The summed E-state index contributed by atoms with van der Waals surface area (Å²) in [6, 6.07) is 7.18. The highest BCUT2D eigenvalue weighted by molar-refractivity contribution is 5.76. The molecule has 0 saturated carbocycles. The van der Waals surface area contributed by atoms with Gasteiger partial charge in [-0.15, -0.1) is 0 Å². The average Bonchev–Trinajstić information content (AvgIpc) is 2.91. The van der Waals surface area contributed by atoms with Gasteiger partial charge in [-0.2, -0.15) is 4.98 Å². The summed E-state index contributed by atoms with van der Waals surface area (Å²) in [5.74, 6) is 0.724. The van der Waals surface area contributed by atoms with Gasteiger partial charge in [0.25, 0.3) is 5.56 Å². The monoisotopic (exact) mass is 285 g/mol. The molecule has 2 heterocycles. The van der Waals surface area contributed by atoms with Crippen LogP contribution in [0, 0.1) is 0 Å². The van der Waals surface area contributed by atoms with Gasteiger partial charge in [-0.25, -0.2) is 4.98 Å². The topological polar surface area (TPSA) is 99.8 Å². The van der Waals surface area contributed by atoms with Gasteiger partial charge in [-0.3, -0.25) is 9.36 Å². The molecule has 3 aromatic rings. The van der Waals surface area contributed by atoms with Crippen molar-refractivity contribution >= 4 is 10.9 Å². The zero-order chi connectivity index (χ0) is 15.0. The zero-order valence-electron chi connectivity index (χ0n) is 11.8. The van der Waals surface area contributed by atoms with Crippen molar-refractivity contribution in [1.82, 2.24) is 19.7 Å². The Morgan fingerprint density at radius 1 is 1.33 bits per heavy atom. The molecule has 21 heavy (non-hydrogen) atoms. The van der Waals surface area contributed by atoms with Gasteiger partial charge in [0.15, 0.2) is 5.82 Å². The first-order valence-corrected chi connectivity index (χ1v) is 6.51. The van der Waals surface area contributed by atoms with Crippen molar-refractivity contribution in [1.29, 1.82) is 0 Å². The number of nitrogens with zero attached hydrogens (tertiary/aromatic N) is 4. The van der Waals surface area contributed by atoms with Gasteiger partial charge in [0.05, 0.1) is 22.8 Å². The molecule has 0 amide bonds. The second kappa shape index (κ2) is 4.78. The fourth-order valence-electron chi connectivity index (χ4n) is 1.95. The number of rotatable bonds is 3. The molecule has 0 unspecified atom stereocenters. The first-order valence-electron chi connectivity index (χ1n) is 6.51. The SMILES string of the molecule is CC(C)(N)c1noc(Cn2cnc3ccccc3c2=O)n1. The number of hydrogen-bond donors (Lipinski definition) is 1. The number of fused-ring (bicyclic) bond motifs is 1. The van der Waals surface area contributed by atoms with E-state index in [1.807, 2.05) is 6.07 Å². The van der Waals surface area contributed by atoms with Crippen LogP contribution >= 0.6 is 0 Å². The van der Waals surface area contributed by atoms with E-state index < -0.39 is 5.54 Å². The molecule has 0 saturated heterocycles. The fraction of sp³-hybridized carbons (Fsp3) is 0.286. The Bertz CT molecular complexity index is 844. The van der Waals surface area contributed by atoms with E-state index in [0.717, 1.165) is 0 Å². The van der Waals surface area contributed by atoms with Crippen LogP contribution in [0.15, 0.2) is 39.9 Å². The smallest absolute Gasteiger partial charge is 0.261 e. The molecule has 0 fully saturated rings. The lowest BCUT2D eigenvalue weighted by Crippen LogP contribution is -2.30. The van der Waals surface area contributed by atoms with E-state index in [2.05, 4.69) is 15.1 Å². The van der Waals surface area contributed by atoms with Gasteiger partial charge in [0.1, 0.15) is 6.54 Å². The van der Waals surface area contributed by atoms with E-state index in [0.29, 0.717) is 22.6 Å². The van der Waals surface area contributed by atoms with Crippen molar-refractivity contribution in [3.8, 4) is 0 Å². The Balaban J connectivity index is 1.97. The summed E-state index contributed by atoms with van der Waals surface area (Å²) >= 11 is 0. The maximum Gasteiger partial charge on any atom is 0.261 e. The van der Waals surface area contributed by atoms with E-state index in [4.69, 9.17) is 10.3 Å². The molecular weight excluding hydrogens is 270 g/mol. The summed E-state index contributed by atoms with van der Waals surface area (Å²) in [5, 5.41) is 4.38. The molecule has 0 radical (unpaired) electrons. The highest BCUT2D eigenvalue weighted by Crippen LogP contribution is 2.13. The lowest BCUT2D eigenvalue weighted by Gasteiger charge is -2.11. The van der Waals surface area contributed by atoms with Crippen LogP contribution in [0.2, 0.25) is 0 Å². The van der Waals surface area contributed by atoms with Crippen LogP contribution in [0.1, 0.15) is 25.6 Å². The molecule has 7 nitrogen and oxygen atoms in total. The van der Waals surface area contributed by atoms with Crippen molar-refractivity contribution in [3.63, 3.8) is 0 Å². The number of hydrogen-bond acceptors (Lipinski definition) is 6. The van der Waals surface area contributed by atoms with E-state index in [9.17, 15) is 4.79 Å². The predicted molar refractivity (Wildman–Crippen MR) is 76.6 cm³/mol. The van der Waals surface area contributed by atoms with Crippen LogP contribution in [0.5, 0.6) is 0 Å². The van der Waals surface area contributed by atoms with Crippen LogP contribution in [0.3, 0.4) is 0 Å². The molecule has 0 atom stereocenters. The first-order chi connectivity index (χ1) is 9.95. The van der Waals surface area contributed by atoms with Crippen molar-refractivity contribution in [3.05, 3.63) is 52.7 Å². The summed E-state index contributed by atoms with van der Waals surface area (Å²) in [7, 11) is 0. The summed E-state index contributed by atoms with van der Waals surface area (Å²) in [6.07, 6.45) is 1.47. The maximum absolute atomic E-state index is 12.3. The average molecular weight is 285 g/mol. The quantitative estimate of drug-likeness (QED) is 0.771. The molecule has 1 aromatic carbocycles. The Morgan fingerprint density at radius 2 is 2.10 bits per heavy atom. The minimum atomic E-state index is -0.686. The third-order valence-corrected chi connectivity index (χ3v) is 3.08. The molecule has 0 spiro atoms.